The highest BCUT2D eigenvalue weighted by atomic mass is 16.7. The standard InChI is InChI=1S/C43H81NO13/c1-3-5-7-9-11-13-15-17-19-21-23-25-27-35(48)44-31(32(47)26-24-22-20-18-16-14-12-10-8-6-4-2)30-54-42-40(53)38(51)41(34(29-46)56-42)57-43-39(52)37(50)36(49)33(28-45)55-43/h11,13,31-34,36-43,45-47,49-53H,3-10,12,14-30H2,1-2H3,(H,44,48)/b13-11-. The van der Waals surface area contributed by atoms with Crippen LogP contribution in [-0.4, -0.2) is 140 Å². The van der Waals surface area contributed by atoms with Gasteiger partial charge >= 0.3 is 0 Å². The van der Waals surface area contributed by atoms with Gasteiger partial charge in [0.2, 0.25) is 5.91 Å². The van der Waals surface area contributed by atoms with Crippen LogP contribution in [0.5, 0.6) is 0 Å². The Morgan fingerprint density at radius 2 is 1.11 bits per heavy atom. The van der Waals surface area contributed by atoms with Gasteiger partial charge in [0, 0.05) is 6.42 Å². The van der Waals surface area contributed by atoms with Gasteiger partial charge in [-0.1, -0.05) is 129 Å². The van der Waals surface area contributed by atoms with Crippen LogP contribution in [0.4, 0.5) is 0 Å². The number of hydrogen-bond acceptors (Lipinski definition) is 13. The summed E-state index contributed by atoms with van der Waals surface area (Å²) in [5.41, 5.74) is 0. The summed E-state index contributed by atoms with van der Waals surface area (Å²) in [6, 6.07) is -0.826. The van der Waals surface area contributed by atoms with Crippen molar-refractivity contribution in [1.82, 2.24) is 5.32 Å². The van der Waals surface area contributed by atoms with Crippen molar-refractivity contribution in [2.24, 2.45) is 0 Å². The summed E-state index contributed by atoms with van der Waals surface area (Å²) in [6.07, 6.45) is 12.3. The zero-order chi connectivity index (χ0) is 41.8. The van der Waals surface area contributed by atoms with E-state index >= 15 is 0 Å². The number of allylic oxidation sites excluding steroid dienone is 2. The van der Waals surface area contributed by atoms with Crippen LogP contribution >= 0.6 is 0 Å². The van der Waals surface area contributed by atoms with E-state index < -0.39 is 86.8 Å². The number of unbranched alkanes of at least 4 members (excludes halogenated alkanes) is 18. The van der Waals surface area contributed by atoms with Crippen LogP contribution in [0, 0.1) is 0 Å². The predicted molar refractivity (Wildman–Crippen MR) is 217 cm³/mol. The van der Waals surface area contributed by atoms with E-state index in [0.29, 0.717) is 19.3 Å². The Morgan fingerprint density at radius 3 is 1.70 bits per heavy atom. The molecule has 0 spiro atoms. The number of hydrogen-bond donors (Lipinski definition) is 9. The molecule has 0 aromatic carbocycles. The number of nitrogens with one attached hydrogen (secondary N) is 1. The summed E-state index contributed by atoms with van der Waals surface area (Å²) in [7, 11) is 0. The smallest absolute Gasteiger partial charge is 0.220 e. The molecule has 2 aliphatic heterocycles. The van der Waals surface area contributed by atoms with E-state index in [-0.39, 0.29) is 12.5 Å². The number of carbonyl (C=O) groups excluding carboxylic acids is 1. The third-order valence-corrected chi connectivity index (χ3v) is 11.2. The molecule has 12 atom stereocenters. The molecule has 57 heavy (non-hydrogen) atoms. The molecule has 2 fully saturated rings. The van der Waals surface area contributed by atoms with Gasteiger partial charge < -0.3 is 65.1 Å². The predicted octanol–water partition coefficient (Wildman–Crippen LogP) is 4.04. The first-order valence-corrected chi connectivity index (χ1v) is 22.4. The number of aliphatic hydroxyl groups is 8. The Labute approximate surface area is 342 Å². The van der Waals surface area contributed by atoms with Crippen LogP contribution in [0.2, 0.25) is 0 Å². The quantitative estimate of drug-likeness (QED) is 0.0337. The first-order chi connectivity index (χ1) is 27.6. The minimum absolute atomic E-state index is 0.219. The second-order valence-electron chi connectivity index (χ2n) is 16.2. The summed E-state index contributed by atoms with van der Waals surface area (Å²) in [4.78, 5) is 13.1. The summed E-state index contributed by atoms with van der Waals surface area (Å²) in [5, 5.41) is 86.5. The van der Waals surface area contributed by atoms with E-state index in [1.165, 1.54) is 64.2 Å². The molecule has 12 unspecified atom stereocenters. The molecule has 14 nitrogen and oxygen atoms in total. The minimum Gasteiger partial charge on any atom is -0.394 e. The van der Waals surface area contributed by atoms with Crippen LogP contribution in [-0.2, 0) is 23.7 Å². The second-order valence-corrected chi connectivity index (χ2v) is 16.2. The van der Waals surface area contributed by atoms with Crippen molar-refractivity contribution in [3.8, 4) is 0 Å². The fourth-order valence-electron chi connectivity index (χ4n) is 7.46. The molecule has 0 radical (unpaired) electrons. The molecule has 336 valence electrons. The molecular formula is C43H81NO13. The first-order valence-electron chi connectivity index (χ1n) is 22.4. The average molecular weight is 820 g/mol. The van der Waals surface area contributed by atoms with Gasteiger partial charge in [0.15, 0.2) is 12.6 Å². The zero-order valence-corrected chi connectivity index (χ0v) is 35.1. The van der Waals surface area contributed by atoms with E-state index in [1.54, 1.807) is 0 Å². The normalized spacial score (nSPS) is 29.2. The third-order valence-electron chi connectivity index (χ3n) is 11.2. The maximum atomic E-state index is 13.1. The Bertz CT molecular complexity index is 1020. The number of ether oxygens (including phenoxy) is 4. The van der Waals surface area contributed by atoms with Gasteiger partial charge in [-0.15, -0.1) is 0 Å². The van der Waals surface area contributed by atoms with Crippen molar-refractivity contribution in [3.63, 3.8) is 0 Å². The monoisotopic (exact) mass is 820 g/mol. The van der Waals surface area contributed by atoms with Crippen LogP contribution < -0.4 is 5.32 Å². The summed E-state index contributed by atoms with van der Waals surface area (Å²) < 4.78 is 22.6. The van der Waals surface area contributed by atoms with E-state index in [2.05, 4.69) is 31.3 Å². The Morgan fingerprint density at radius 1 is 0.614 bits per heavy atom. The highest BCUT2D eigenvalue weighted by Crippen LogP contribution is 2.30. The molecule has 2 heterocycles. The lowest BCUT2D eigenvalue weighted by molar-refractivity contribution is -0.359. The fourth-order valence-corrected chi connectivity index (χ4v) is 7.46. The van der Waals surface area contributed by atoms with Crippen molar-refractivity contribution in [1.29, 1.82) is 0 Å². The topological polar surface area (TPSA) is 228 Å². The minimum atomic E-state index is -1.78. The maximum Gasteiger partial charge on any atom is 0.220 e. The SMILES string of the molecule is CCCCC/C=C\CCCCCCCC(=O)NC(COC1OC(CO)C(OC2OC(CO)C(O)C(O)C2O)C(O)C1O)C(O)CCCCCCCCCCCCC. The molecule has 14 heteroatoms. The molecule has 0 aromatic rings. The molecule has 2 rings (SSSR count). The van der Waals surface area contributed by atoms with Gasteiger partial charge in [0.1, 0.15) is 48.8 Å². The lowest BCUT2D eigenvalue weighted by atomic mass is 9.97. The van der Waals surface area contributed by atoms with Gasteiger partial charge in [-0.3, -0.25) is 4.79 Å². The van der Waals surface area contributed by atoms with Crippen LogP contribution in [0.25, 0.3) is 0 Å². The first kappa shape index (κ1) is 51.9. The van der Waals surface area contributed by atoms with E-state index in [1.807, 2.05) is 0 Å². The fraction of sp³-hybridized carbons (Fsp3) is 0.930. The summed E-state index contributed by atoms with van der Waals surface area (Å²) in [5.74, 6) is -0.219. The Hall–Kier alpha value is -1.27. The van der Waals surface area contributed by atoms with Crippen LogP contribution in [0.3, 0.4) is 0 Å². The van der Waals surface area contributed by atoms with Crippen LogP contribution in [0.15, 0.2) is 12.2 Å². The summed E-state index contributed by atoms with van der Waals surface area (Å²) in [6.45, 7) is 2.78. The lowest BCUT2D eigenvalue weighted by Gasteiger charge is -2.46. The molecule has 0 aliphatic carbocycles. The van der Waals surface area contributed by atoms with E-state index in [0.717, 1.165) is 64.2 Å². The van der Waals surface area contributed by atoms with Gasteiger partial charge in [-0.25, -0.2) is 0 Å². The third kappa shape index (κ3) is 20.2. The van der Waals surface area contributed by atoms with Gasteiger partial charge in [-0.05, 0) is 38.5 Å². The molecule has 1 amide bonds. The molecule has 0 aromatic heterocycles. The second kappa shape index (κ2) is 31.6. The Kier molecular flexibility index (Phi) is 28.7. The molecule has 0 bridgehead atoms. The van der Waals surface area contributed by atoms with Crippen molar-refractivity contribution in [3.05, 3.63) is 12.2 Å². The van der Waals surface area contributed by atoms with Crippen molar-refractivity contribution >= 4 is 5.91 Å². The van der Waals surface area contributed by atoms with E-state index in [9.17, 15) is 45.6 Å². The summed E-state index contributed by atoms with van der Waals surface area (Å²) >= 11 is 0. The molecule has 2 saturated heterocycles. The average Bonchev–Trinajstić information content (AvgIpc) is 3.21. The van der Waals surface area contributed by atoms with Gasteiger partial charge in [0.25, 0.3) is 0 Å². The van der Waals surface area contributed by atoms with Crippen molar-refractivity contribution in [2.75, 3.05) is 19.8 Å². The van der Waals surface area contributed by atoms with Gasteiger partial charge in [-0.2, -0.15) is 0 Å². The number of amides is 1. The Balaban J connectivity index is 1.90. The van der Waals surface area contributed by atoms with Crippen molar-refractivity contribution in [2.45, 2.75) is 235 Å². The lowest BCUT2D eigenvalue weighted by Crippen LogP contribution is -2.65. The molecule has 0 saturated carbocycles. The molecule has 9 N–H and O–H groups in total. The number of carbonyl (C=O) groups is 1. The zero-order valence-electron chi connectivity index (χ0n) is 35.1. The largest absolute Gasteiger partial charge is 0.394 e. The van der Waals surface area contributed by atoms with Gasteiger partial charge in [0.05, 0.1) is 32.0 Å². The highest BCUT2D eigenvalue weighted by molar-refractivity contribution is 5.76. The number of aliphatic hydroxyl groups excluding tert-OH is 8. The van der Waals surface area contributed by atoms with E-state index in [4.69, 9.17) is 18.9 Å². The van der Waals surface area contributed by atoms with Crippen LogP contribution in [0.1, 0.15) is 162 Å². The number of rotatable bonds is 33. The molecule has 2 aliphatic rings. The maximum absolute atomic E-state index is 13.1. The highest BCUT2D eigenvalue weighted by Gasteiger charge is 2.51. The molecular weight excluding hydrogens is 738 g/mol. The van der Waals surface area contributed by atoms with Crippen molar-refractivity contribution < 1.29 is 64.6 Å².